The summed E-state index contributed by atoms with van der Waals surface area (Å²) in [6.45, 7) is 3.93. The summed E-state index contributed by atoms with van der Waals surface area (Å²) < 4.78 is 0. The second kappa shape index (κ2) is 7.34. The summed E-state index contributed by atoms with van der Waals surface area (Å²) in [6.07, 6.45) is 1.60. The Morgan fingerprint density at radius 2 is 1.73 bits per heavy atom. The average molecular weight is 376 g/mol. The summed E-state index contributed by atoms with van der Waals surface area (Å²) in [5.41, 5.74) is 0.610. The Balaban J connectivity index is 2.51. The van der Waals surface area contributed by atoms with Crippen molar-refractivity contribution < 1.29 is 4.79 Å². The molecule has 2 aromatic rings. The van der Waals surface area contributed by atoms with Crippen molar-refractivity contribution in [1.82, 2.24) is 4.98 Å². The van der Waals surface area contributed by atoms with Gasteiger partial charge >= 0.3 is 0 Å². The van der Waals surface area contributed by atoms with Crippen LogP contribution in [0.5, 0.6) is 0 Å². The molecule has 0 saturated carbocycles. The van der Waals surface area contributed by atoms with Crippen molar-refractivity contribution in [3.8, 4) is 0 Å². The number of carbonyl (C=O) groups excluding carboxylic acids is 1. The van der Waals surface area contributed by atoms with Crippen molar-refractivity contribution in [2.75, 3.05) is 11.4 Å². The number of anilines is 1. The molecule has 114 valence electrons. The monoisotopic (exact) mass is 374 g/mol. The largest absolute Gasteiger partial charge is 0.303 e. The SMILES string of the molecule is C=CCN(C(=O)c1nc(Cl)c(Cl)c(Cl)c1Cl)c1ccccc1. The molecule has 0 saturated heterocycles. The van der Waals surface area contributed by atoms with E-state index in [4.69, 9.17) is 46.4 Å². The van der Waals surface area contributed by atoms with Gasteiger partial charge in [-0.3, -0.25) is 4.79 Å². The van der Waals surface area contributed by atoms with Gasteiger partial charge in [0.2, 0.25) is 0 Å². The van der Waals surface area contributed by atoms with E-state index in [1.54, 1.807) is 18.2 Å². The van der Waals surface area contributed by atoms with Crippen LogP contribution in [0.3, 0.4) is 0 Å². The topological polar surface area (TPSA) is 33.2 Å². The lowest BCUT2D eigenvalue weighted by atomic mass is 10.2. The second-order valence-electron chi connectivity index (χ2n) is 4.23. The van der Waals surface area contributed by atoms with Crippen LogP contribution in [0, 0.1) is 0 Å². The summed E-state index contributed by atoms with van der Waals surface area (Å²) >= 11 is 23.8. The molecule has 0 spiro atoms. The number of hydrogen-bond acceptors (Lipinski definition) is 2. The summed E-state index contributed by atoms with van der Waals surface area (Å²) in [6, 6.07) is 9.05. The first-order valence-electron chi connectivity index (χ1n) is 6.15. The predicted octanol–water partition coefficient (Wildman–Crippen LogP) is 5.53. The van der Waals surface area contributed by atoms with E-state index < -0.39 is 5.91 Å². The van der Waals surface area contributed by atoms with Gasteiger partial charge in [-0.1, -0.05) is 70.7 Å². The highest BCUT2D eigenvalue weighted by molar-refractivity contribution is 6.52. The van der Waals surface area contributed by atoms with Gasteiger partial charge in [0.25, 0.3) is 5.91 Å². The van der Waals surface area contributed by atoms with Gasteiger partial charge in [0, 0.05) is 12.2 Å². The molecule has 0 bridgehead atoms. The van der Waals surface area contributed by atoms with E-state index >= 15 is 0 Å². The summed E-state index contributed by atoms with van der Waals surface area (Å²) in [5, 5.41) is -0.102. The summed E-state index contributed by atoms with van der Waals surface area (Å²) in [5.74, 6) is -0.448. The lowest BCUT2D eigenvalue weighted by Gasteiger charge is -2.21. The van der Waals surface area contributed by atoms with E-state index in [1.807, 2.05) is 18.2 Å². The maximum absolute atomic E-state index is 12.7. The van der Waals surface area contributed by atoms with Crippen molar-refractivity contribution in [3.63, 3.8) is 0 Å². The molecule has 0 aliphatic carbocycles. The lowest BCUT2D eigenvalue weighted by molar-refractivity contribution is 0.0985. The van der Waals surface area contributed by atoms with Crippen molar-refractivity contribution in [1.29, 1.82) is 0 Å². The van der Waals surface area contributed by atoms with Gasteiger partial charge in [0.05, 0.1) is 15.1 Å². The zero-order chi connectivity index (χ0) is 16.3. The lowest BCUT2D eigenvalue weighted by Crippen LogP contribution is -2.32. The number of benzene rings is 1. The fraction of sp³-hybridized carbons (Fsp3) is 0.0667. The van der Waals surface area contributed by atoms with Crippen molar-refractivity contribution >= 4 is 58.0 Å². The molecule has 0 atom stereocenters. The van der Waals surface area contributed by atoms with E-state index in [0.717, 1.165) is 0 Å². The van der Waals surface area contributed by atoms with Crippen LogP contribution in [0.4, 0.5) is 5.69 Å². The Kier molecular flexibility index (Phi) is 5.70. The predicted molar refractivity (Wildman–Crippen MR) is 92.6 cm³/mol. The zero-order valence-corrected chi connectivity index (χ0v) is 14.2. The third kappa shape index (κ3) is 3.39. The second-order valence-corrected chi connectivity index (χ2v) is 5.73. The molecule has 0 N–H and O–H groups in total. The molecule has 7 heteroatoms. The first-order valence-corrected chi connectivity index (χ1v) is 7.66. The summed E-state index contributed by atoms with van der Waals surface area (Å²) in [4.78, 5) is 18.2. The highest BCUT2D eigenvalue weighted by Gasteiger charge is 2.25. The Bertz CT molecular complexity index is 719. The molecule has 0 radical (unpaired) electrons. The van der Waals surface area contributed by atoms with E-state index in [-0.39, 0.29) is 32.5 Å². The molecule has 0 fully saturated rings. The third-order valence-corrected chi connectivity index (χ3v) is 4.49. The number of halogens is 4. The minimum absolute atomic E-state index is 0.00158. The maximum atomic E-state index is 12.7. The van der Waals surface area contributed by atoms with Crippen molar-refractivity contribution in [2.45, 2.75) is 0 Å². The average Bonchev–Trinajstić information content (AvgIpc) is 2.54. The molecule has 22 heavy (non-hydrogen) atoms. The molecule has 0 unspecified atom stereocenters. The maximum Gasteiger partial charge on any atom is 0.278 e. The Morgan fingerprint density at radius 1 is 1.09 bits per heavy atom. The van der Waals surface area contributed by atoms with Crippen LogP contribution in [0.25, 0.3) is 0 Å². The van der Waals surface area contributed by atoms with E-state index in [9.17, 15) is 4.79 Å². The minimum Gasteiger partial charge on any atom is -0.303 e. The van der Waals surface area contributed by atoms with Crippen molar-refractivity contribution in [2.24, 2.45) is 0 Å². The van der Waals surface area contributed by atoms with Crippen LogP contribution in [-0.4, -0.2) is 17.4 Å². The molecular weight excluding hydrogens is 366 g/mol. The molecule has 1 amide bonds. The number of para-hydroxylation sites is 1. The Hall–Kier alpha value is -1.26. The summed E-state index contributed by atoms with van der Waals surface area (Å²) in [7, 11) is 0. The highest BCUT2D eigenvalue weighted by Crippen LogP contribution is 2.36. The number of rotatable bonds is 4. The van der Waals surface area contributed by atoms with Gasteiger partial charge in [-0.15, -0.1) is 6.58 Å². The van der Waals surface area contributed by atoms with Crippen molar-refractivity contribution in [3.05, 3.63) is 68.9 Å². The molecular formula is C15H10Cl4N2O. The fourth-order valence-electron chi connectivity index (χ4n) is 1.80. The molecule has 0 aliphatic heterocycles. The number of nitrogens with zero attached hydrogens (tertiary/aromatic N) is 2. The number of carbonyl (C=O) groups is 1. The minimum atomic E-state index is -0.448. The molecule has 3 nitrogen and oxygen atoms in total. The number of hydrogen-bond donors (Lipinski definition) is 0. The van der Waals surface area contributed by atoms with Gasteiger partial charge < -0.3 is 4.90 Å². The standard InChI is InChI=1S/C15H10Cl4N2O/c1-2-8-21(9-6-4-3-5-7-9)15(22)13-11(17)10(16)12(18)14(19)20-13/h2-7H,1,8H2. The number of pyridine rings is 1. The van der Waals surface area contributed by atoms with Crippen LogP contribution in [0.15, 0.2) is 43.0 Å². The van der Waals surface area contributed by atoms with Crippen LogP contribution in [0.2, 0.25) is 20.2 Å². The highest BCUT2D eigenvalue weighted by atomic mass is 35.5. The quantitative estimate of drug-likeness (QED) is 0.520. The van der Waals surface area contributed by atoms with Crippen LogP contribution in [0.1, 0.15) is 10.5 Å². The van der Waals surface area contributed by atoms with Crippen LogP contribution >= 0.6 is 46.4 Å². The number of aromatic nitrogens is 1. The van der Waals surface area contributed by atoms with E-state index in [2.05, 4.69) is 11.6 Å². The van der Waals surface area contributed by atoms with E-state index in [1.165, 1.54) is 4.90 Å². The first-order chi connectivity index (χ1) is 10.5. The molecule has 0 aliphatic rings. The van der Waals surface area contributed by atoms with Gasteiger partial charge in [0.15, 0.2) is 5.69 Å². The van der Waals surface area contributed by atoms with Gasteiger partial charge in [0.1, 0.15) is 5.15 Å². The molecule has 1 heterocycles. The van der Waals surface area contributed by atoms with Gasteiger partial charge in [-0.05, 0) is 12.1 Å². The van der Waals surface area contributed by atoms with Gasteiger partial charge in [-0.25, -0.2) is 4.98 Å². The number of amides is 1. The molecule has 2 rings (SSSR count). The van der Waals surface area contributed by atoms with Gasteiger partial charge in [-0.2, -0.15) is 0 Å². The van der Waals surface area contributed by atoms with Crippen LogP contribution in [-0.2, 0) is 0 Å². The van der Waals surface area contributed by atoms with Crippen LogP contribution < -0.4 is 4.90 Å². The Labute approximate surface area is 148 Å². The molecule has 1 aromatic heterocycles. The van der Waals surface area contributed by atoms with E-state index in [0.29, 0.717) is 5.69 Å². The molecule has 1 aromatic carbocycles. The zero-order valence-electron chi connectivity index (χ0n) is 11.2. The smallest absolute Gasteiger partial charge is 0.278 e. The third-order valence-electron chi connectivity index (χ3n) is 2.81. The normalized spacial score (nSPS) is 10.4. The fourth-order valence-corrected chi connectivity index (χ4v) is 2.61. The first kappa shape index (κ1) is 17.1. The Morgan fingerprint density at radius 3 is 2.32 bits per heavy atom.